The van der Waals surface area contributed by atoms with E-state index in [1.54, 1.807) is 0 Å². The Morgan fingerprint density at radius 1 is 1.00 bits per heavy atom. The molecule has 0 aromatic heterocycles. The van der Waals surface area contributed by atoms with Gasteiger partial charge in [-0.3, -0.25) is 0 Å². The van der Waals surface area contributed by atoms with Crippen molar-refractivity contribution in [1.29, 1.82) is 0 Å². The number of carbonyl (C=O) groups excluding carboxylic acids is 1. The zero-order valence-electron chi connectivity index (χ0n) is 10.6. The molecule has 0 aliphatic rings. The number of hydrogen-bond acceptors (Lipinski definition) is 1. The molecule has 15 heavy (non-hydrogen) atoms. The SMILES string of the molecule is Cc1cc(C)c([C](=O)[Sn]([CH3])([CH3])[CH3])c(C)c1. The average molecular weight is 311 g/mol. The predicted octanol–water partition coefficient (Wildman–Crippen LogP) is 3.67. The minimum atomic E-state index is -2.45. The van der Waals surface area contributed by atoms with E-state index in [4.69, 9.17) is 0 Å². The first-order valence-electron chi connectivity index (χ1n) is 5.36. The van der Waals surface area contributed by atoms with Crippen LogP contribution in [-0.4, -0.2) is 22.2 Å². The second kappa shape index (κ2) is 4.28. The molecule has 0 atom stereocenters. The standard InChI is InChI=1S/C10H11O.3CH3.Sn/c1-7-4-8(2)10(6-11)9(3)5-7;;;;/h4-5H,1-3H3;3*1H3;. The first kappa shape index (κ1) is 12.8. The molecular weight excluding hydrogens is 291 g/mol. The molecule has 2 heteroatoms. The molecule has 82 valence electrons. The number of benzene rings is 1. The zero-order valence-corrected chi connectivity index (χ0v) is 13.4. The molecule has 1 aromatic carbocycles. The summed E-state index contributed by atoms with van der Waals surface area (Å²) in [5.74, 6) is 0. The minimum absolute atomic E-state index is 0.444. The molecule has 0 unspecified atom stereocenters. The summed E-state index contributed by atoms with van der Waals surface area (Å²) in [6, 6.07) is 4.22. The Hall–Kier alpha value is -0.311. The van der Waals surface area contributed by atoms with Gasteiger partial charge in [-0.15, -0.1) is 0 Å². The van der Waals surface area contributed by atoms with Gasteiger partial charge < -0.3 is 0 Å². The van der Waals surface area contributed by atoms with Gasteiger partial charge >= 0.3 is 96.9 Å². The monoisotopic (exact) mass is 312 g/mol. The van der Waals surface area contributed by atoms with E-state index >= 15 is 0 Å². The van der Waals surface area contributed by atoms with Crippen molar-refractivity contribution >= 4 is 22.2 Å². The molecule has 1 aromatic rings. The molecule has 0 aliphatic carbocycles. The first-order valence-corrected chi connectivity index (χ1v) is 15.3. The van der Waals surface area contributed by atoms with Crippen LogP contribution in [0, 0.1) is 20.8 Å². The summed E-state index contributed by atoms with van der Waals surface area (Å²) < 4.78 is 0.444. The van der Waals surface area contributed by atoms with Gasteiger partial charge in [0.1, 0.15) is 0 Å². The average Bonchev–Trinajstić information content (AvgIpc) is 1.99. The van der Waals surface area contributed by atoms with Crippen LogP contribution in [0.1, 0.15) is 27.0 Å². The summed E-state index contributed by atoms with van der Waals surface area (Å²) in [6.07, 6.45) is 0. The van der Waals surface area contributed by atoms with E-state index in [1.165, 1.54) is 5.56 Å². The summed E-state index contributed by atoms with van der Waals surface area (Å²) in [5, 5.41) is 0. The normalized spacial score (nSPS) is 11.6. The van der Waals surface area contributed by atoms with E-state index in [0.29, 0.717) is 3.80 Å². The molecule has 0 saturated heterocycles. The molecule has 0 saturated carbocycles. The van der Waals surface area contributed by atoms with Crippen LogP contribution in [0.5, 0.6) is 0 Å². The second-order valence-corrected chi connectivity index (χ2v) is 19.5. The Kier molecular flexibility index (Phi) is 3.64. The van der Waals surface area contributed by atoms with Crippen LogP contribution in [0.4, 0.5) is 0 Å². The van der Waals surface area contributed by atoms with Crippen molar-refractivity contribution in [3.63, 3.8) is 0 Å². The third-order valence-corrected chi connectivity index (χ3v) is 7.19. The Bertz CT molecular complexity index is 376. The van der Waals surface area contributed by atoms with Crippen molar-refractivity contribution in [2.45, 2.75) is 35.6 Å². The van der Waals surface area contributed by atoms with Crippen LogP contribution in [-0.2, 0) is 0 Å². The Labute approximate surface area is 96.8 Å². The van der Waals surface area contributed by atoms with Gasteiger partial charge in [-0.05, 0) is 0 Å². The summed E-state index contributed by atoms with van der Waals surface area (Å²) in [5.41, 5.74) is 4.52. The fraction of sp³-hybridized carbons (Fsp3) is 0.462. The molecular formula is C13H20OSn. The number of hydrogen-bond donors (Lipinski definition) is 0. The Morgan fingerprint density at radius 2 is 1.40 bits per heavy atom. The fourth-order valence-electron chi connectivity index (χ4n) is 1.91. The molecule has 0 N–H and O–H groups in total. The first-order chi connectivity index (χ1) is 6.73. The van der Waals surface area contributed by atoms with Gasteiger partial charge in [0.25, 0.3) is 0 Å². The summed E-state index contributed by atoms with van der Waals surface area (Å²) in [4.78, 5) is 18.8. The van der Waals surface area contributed by atoms with Crippen LogP contribution >= 0.6 is 0 Å². The second-order valence-electron chi connectivity index (χ2n) is 5.35. The maximum absolute atomic E-state index is 12.3. The summed E-state index contributed by atoms with van der Waals surface area (Å²) >= 11 is -2.45. The van der Waals surface area contributed by atoms with Crippen LogP contribution in [0.3, 0.4) is 0 Å². The number of carbonyl (C=O) groups is 1. The molecule has 0 spiro atoms. The van der Waals surface area contributed by atoms with Crippen LogP contribution in [0.25, 0.3) is 0 Å². The van der Waals surface area contributed by atoms with Crippen molar-refractivity contribution in [2.75, 3.05) is 0 Å². The quantitative estimate of drug-likeness (QED) is 0.762. The molecule has 1 rings (SSSR count). The van der Waals surface area contributed by atoms with Crippen molar-refractivity contribution in [2.24, 2.45) is 0 Å². The maximum atomic E-state index is 12.3. The molecule has 0 bridgehead atoms. The van der Waals surface area contributed by atoms with Crippen LogP contribution < -0.4 is 0 Å². The van der Waals surface area contributed by atoms with Crippen LogP contribution in [0.15, 0.2) is 12.1 Å². The van der Waals surface area contributed by atoms with Gasteiger partial charge in [0.05, 0.1) is 0 Å². The van der Waals surface area contributed by atoms with E-state index in [0.717, 1.165) is 16.7 Å². The van der Waals surface area contributed by atoms with Gasteiger partial charge in [-0.25, -0.2) is 0 Å². The van der Waals surface area contributed by atoms with E-state index in [9.17, 15) is 4.79 Å². The fourth-order valence-corrected chi connectivity index (χ4v) is 5.18. The third-order valence-electron chi connectivity index (χ3n) is 2.59. The van der Waals surface area contributed by atoms with Gasteiger partial charge in [-0.2, -0.15) is 0 Å². The Balaban J connectivity index is 3.33. The van der Waals surface area contributed by atoms with E-state index in [1.807, 2.05) is 13.8 Å². The van der Waals surface area contributed by atoms with Crippen LogP contribution in [0.2, 0.25) is 14.8 Å². The molecule has 0 radical (unpaired) electrons. The van der Waals surface area contributed by atoms with Crippen molar-refractivity contribution < 1.29 is 4.79 Å². The topological polar surface area (TPSA) is 17.1 Å². The predicted molar refractivity (Wildman–Crippen MR) is 68.3 cm³/mol. The number of rotatable bonds is 2. The van der Waals surface area contributed by atoms with E-state index in [2.05, 4.69) is 33.9 Å². The van der Waals surface area contributed by atoms with Gasteiger partial charge in [0.2, 0.25) is 0 Å². The van der Waals surface area contributed by atoms with E-state index in [-0.39, 0.29) is 0 Å². The van der Waals surface area contributed by atoms with Gasteiger partial charge in [0.15, 0.2) is 0 Å². The molecule has 1 nitrogen and oxygen atoms in total. The third kappa shape index (κ3) is 2.83. The van der Waals surface area contributed by atoms with E-state index < -0.39 is 18.4 Å². The van der Waals surface area contributed by atoms with Crippen molar-refractivity contribution in [3.05, 3.63) is 34.4 Å². The molecule has 0 heterocycles. The molecule has 0 fully saturated rings. The summed E-state index contributed by atoms with van der Waals surface area (Å²) in [6.45, 7) is 6.17. The Morgan fingerprint density at radius 3 is 1.73 bits per heavy atom. The summed E-state index contributed by atoms with van der Waals surface area (Å²) in [7, 11) is 0. The van der Waals surface area contributed by atoms with Crippen molar-refractivity contribution in [1.82, 2.24) is 0 Å². The molecule has 0 aliphatic heterocycles. The van der Waals surface area contributed by atoms with Gasteiger partial charge in [-0.1, -0.05) is 0 Å². The van der Waals surface area contributed by atoms with Gasteiger partial charge in [0, 0.05) is 0 Å². The zero-order chi connectivity index (χ0) is 11.8. The number of aryl methyl sites for hydroxylation is 3. The van der Waals surface area contributed by atoms with Crippen molar-refractivity contribution in [3.8, 4) is 0 Å². The molecule has 0 amide bonds.